The minimum Gasteiger partial charge on any atom is -0.444 e. The maximum Gasteiger partial charge on any atom is 0.410 e. The van der Waals surface area contributed by atoms with Crippen molar-refractivity contribution in [3.8, 4) is 0 Å². The molecule has 2 atom stereocenters. The van der Waals surface area contributed by atoms with Gasteiger partial charge >= 0.3 is 6.09 Å². The van der Waals surface area contributed by atoms with Gasteiger partial charge in [-0.2, -0.15) is 0 Å². The van der Waals surface area contributed by atoms with Crippen molar-refractivity contribution in [3.05, 3.63) is 0 Å². The summed E-state index contributed by atoms with van der Waals surface area (Å²) in [5.74, 6) is 0.605. The average molecular weight is 254 g/mol. The summed E-state index contributed by atoms with van der Waals surface area (Å²) in [6.45, 7) is 8.60. The van der Waals surface area contributed by atoms with Crippen LogP contribution in [0.3, 0.4) is 0 Å². The normalized spacial score (nSPS) is 29.4. The molecule has 1 amide bonds. The fraction of sp³-hybridized carbons (Fsp3) is 0.929. The number of nitrogens with one attached hydrogen (secondary N) is 1. The van der Waals surface area contributed by atoms with Crippen LogP contribution < -0.4 is 5.32 Å². The highest BCUT2D eigenvalue weighted by Crippen LogP contribution is 2.25. The van der Waals surface area contributed by atoms with Crippen LogP contribution in [-0.2, 0) is 4.74 Å². The van der Waals surface area contributed by atoms with E-state index in [1.165, 1.54) is 19.3 Å². The molecule has 0 unspecified atom stereocenters. The van der Waals surface area contributed by atoms with E-state index in [1.807, 2.05) is 25.7 Å². The molecule has 1 N–H and O–H groups in total. The van der Waals surface area contributed by atoms with Gasteiger partial charge in [-0.3, -0.25) is 0 Å². The van der Waals surface area contributed by atoms with Crippen molar-refractivity contribution in [3.63, 3.8) is 0 Å². The summed E-state index contributed by atoms with van der Waals surface area (Å²) in [5, 5.41) is 3.59. The Morgan fingerprint density at radius 1 is 1.28 bits per heavy atom. The monoisotopic (exact) mass is 254 g/mol. The second kappa shape index (κ2) is 5.47. The molecular weight excluding hydrogens is 228 g/mol. The largest absolute Gasteiger partial charge is 0.444 e. The first-order valence-corrected chi connectivity index (χ1v) is 7.17. The predicted molar refractivity (Wildman–Crippen MR) is 71.6 cm³/mol. The minimum atomic E-state index is -0.395. The van der Waals surface area contributed by atoms with Crippen LogP contribution in [0, 0.1) is 5.92 Å². The molecule has 0 spiro atoms. The van der Waals surface area contributed by atoms with Crippen molar-refractivity contribution in [2.75, 3.05) is 19.6 Å². The molecule has 0 aromatic carbocycles. The lowest BCUT2D eigenvalue weighted by Crippen LogP contribution is -2.45. The summed E-state index contributed by atoms with van der Waals surface area (Å²) in [6, 6.07) is 0.603. The van der Waals surface area contributed by atoms with E-state index in [4.69, 9.17) is 4.74 Å². The molecule has 18 heavy (non-hydrogen) atoms. The molecule has 2 fully saturated rings. The number of hydrogen-bond acceptors (Lipinski definition) is 3. The number of nitrogens with zero attached hydrogens (tertiary/aromatic N) is 1. The topological polar surface area (TPSA) is 41.6 Å². The molecule has 2 rings (SSSR count). The molecule has 104 valence electrons. The van der Waals surface area contributed by atoms with Crippen LogP contribution in [0.4, 0.5) is 4.79 Å². The standard InChI is InChI=1S/C14H26N2O2/c1-14(2,3)18-13(17)16-9-5-7-12-11(10-16)6-4-8-15-12/h11-12,15H,4-10H2,1-3H3/t11-,12-/m0/s1. The van der Waals surface area contributed by atoms with Crippen LogP contribution in [0.2, 0.25) is 0 Å². The van der Waals surface area contributed by atoms with E-state index in [9.17, 15) is 4.79 Å². The summed E-state index contributed by atoms with van der Waals surface area (Å²) < 4.78 is 5.48. The zero-order valence-corrected chi connectivity index (χ0v) is 11.9. The Labute approximate surface area is 110 Å². The molecule has 0 aliphatic carbocycles. The van der Waals surface area contributed by atoms with Gasteiger partial charge in [0.25, 0.3) is 0 Å². The predicted octanol–water partition coefficient (Wildman–Crippen LogP) is 2.39. The minimum absolute atomic E-state index is 0.145. The summed E-state index contributed by atoms with van der Waals surface area (Å²) in [7, 11) is 0. The molecular formula is C14H26N2O2. The van der Waals surface area contributed by atoms with E-state index >= 15 is 0 Å². The molecule has 0 aromatic heterocycles. The Bertz CT molecular complexity index is 299. The van der Waals surface area contributed by atoms with Gasteiger partial charge in [-0.15, -0.1) is 0 Å². The Balaban J connectivity index is 1.95. The number of carbonyl (C=O) groups is 1. The van der Waals surface area contributed by atoms with Gasteiger partial charge in [0.1, 0.15) is 5.60 Å². The van der Waals surface area contributed by atoms with Crippen molar-refractivity contribution in [1.29, 1.82) is 0 Å². The molecule has 0 radical (unpaired) electrons. The van der Waals surface area contributed by atoms with Crippen molar-refractivity contribution < 1.29 is 9.53 Å². The van der Waals surface area contributed by atoms with E-state index in [-0.39, 0.29) is 6.09 Å². The average Bonchev–Trinajstić information content (AvgIpc) is 2.48. The van der Waals surface area contributed by atoms with Crippen molar-refractivity contribution in [1.82, 2.24) is 10.2 Å². The van der Waals surface area contributed by atoms with Gasteiger partial charge in [-0.25, -0.2) is 4.79 Å². The molecule has 4 heteroatoms. The summed E-state index contributed by atoms with van der Waals surface area (Å²) >= 11 is 0. The Kier molecular flexibility index (Phi) is 4.15. The summed E-state index contributed by atoms with van der Waals surface area (Å²) in [4.78, 5) is 14.0. The first kappa shape index (κ1) is 13.7. The quantitative estimate of drug-likeness (QED) is 0.721. The number of amides is 1. The number of fused-ring (bicyclic) bond motifs is 1. The molecule has 2 aliphatic rings. The van der Waals surface area contributed by atoms with Crippen molar-refractivity contribution in [2.45, 2.75) is 58.1 Å². The molecule has 2 aliphatic heterocycles. The third kappa shape index (κ3) is 3.61. The van der Waals surface area contributed by atoms with Crippen LogP contribution in [0.5, 0.6) is 0 Å². The SMILES string of the molecule is CC(C)(C)OC(=O)N1CCC[C@@H]2NCCC[C@H]2C1. The summed E-state index contributed by atoms with van der Waals surface area (Å²) in [5.41, 5.74) is -0.395. The highest BCUT2D eigenvalue weighted by atomic mass is 16.6. The smallest absolute Gasteiger partial charge is 0.410 e. The fourth-order valence-corrected chi connectivity index (χ4v) is 2.94. The molecule has 0 saturated carbocycles. The number of rotatable bonds is 0. The van der Waals surface area contributed by atoms with Crippen molar-refractivity contribution in [2.24, 2.45) is 5.92 Å². The first-order valence-electron chi connectivity index (χ1n) is 7.17. The van der Waals surface area contributed by atoms with Crippen LogP contribution in [0.15, 0.2) is 0 Å². The lowest BCUT2D eigenvalue weighted by Gasteiger charge is -2.33. The Morgan fingerprint density at radius 3 is 2.78 bits per heavy atom. The third-order valence-electron chi connectivity index (χ3n) is 3.78. The zero-order valence-electron chi connectivity index (χ0n) is 11.9. The van der Waals surface area contributed by atoms with E-state index in [1.54, 1.807) is 0 Å². The van der Waals surface area contributed by atoms with Crippen LogP contribution >= 0.6 is 0 Å². The number of hydrogen-bond donors (Lipinski definition) is 1. The number of likely N-dealkylation sites (tertiary alicyclic amines) is 1. The van der Waals surface area contributed by atoms with Crippen LogP contribution in [0.25, 0.3) is 0 Å². The van der Waals surface area contributed by atoms with Gasteiger partial charge in [0.15, 0.2) is 0 Å². The van der Waals surface area contributed by atoms with E-state index in [0.29, 0.717) is 12.0 Å². The molecule has 2 heterocycles. The van der Waals surface area contributed by atoms with Gasteiger partial charge in [-0.05, 0) is 58.9 Å². The van der Waals surface area contributed by atoms with Gasteiger partial charge in [0.2, 0.25) is 0 Å². The molecule has 4 nitrogen and oxygen atoms in total. The lowest BCUT2D eigenvalue weighted by molar-refractivity contribution is 0.0223. The van der Waals surface area contributed by atoms with E-state index in [2.05, 4.69) is 5.32 Å². The Hall–Kier alpha value is -0.770. The van der Waals surface area contributed by atoms with Crippen LogP contribution in [-0.4, -0.2) is 42.3 Å². The van der Waals surface area contributed by atoms with Gasteiger partial charge < -0.3 is 15.0 Å². The highest BCUT2D eigenvalue weighted by molar-refractivity contribution is 5.68. The second-order valence-electron chi connectivity index (χ2n) is 6.53. The van der Waals surface area contributed by atoms with Crippen LogP contribution in [0.1, 0.15) is 46.5 Å². The summed E-state index contributed by atoms with van der Waals surface area (Å²) in [6.07, 6.45) is 4.58. The molecule has 0 bridgehead atoms. The van der Waals surface area contributed by atoms with Gasteiger partial charge in [0.05, 0.1) is 0 Å². The second-order valence-corrected chi connectivity index (χ2v) is 6.53. The first-order chi connectivity index (χ1) is 8.46. The molecule has 2 saturated heterocycles. The van der Waals surface area contributed by atoms with Gasteiger partial charge in [0, 0.05) is 19.1 Å². The highest BCUT2D eigenvalue weighted by Gasteiger charge is 2.32. The fourth-order valence-electron chi connectivity index (χ4n) is 2.94. The van der Waals surface area contributed by atoms with Gasteiger partial charge in [-0.1, -0.05) is 0 Å². The molecule has 0 aromatic rings. The van der Waals surface area contributed by atoms with Crippen molar-refractivity contribution >= 4 is 6.09 Å². The lowest BCUT2D eigenvalue weighted by atomic mass is 9.89. The maximum absolute atomic E-state index is 12.1. The Morgan fingerprint density at radius 2 is 2.06 bits per heavy atom. The zero-order chi connectivity index (χ0) is 13.2. The van der Waals surface area contributed by atoms with E-state index in [0.717, 1.165) is 26.1 Å². The number of carbonyl (C=O) groups excluding carboxylic acids is 1. The number of piperidine rings is 1. The van der Waals surface area contributed by atoms with E-state index < -0.39 is 5.60 Å². The third-order valence-corrected chi connectivity index (χ3v) is 3.78. The maximum atomic E-state index is 12.1. The number of ether oxygens (including phenoxy) is 1.